The van der Waals surface area contributed by atoms with Crippen LogP contribution in [0.15, 0.2) is 30.6 Å². The normalized spacial score (nSPS) is 15.4. The van der Waals surface area contributed by atoms with Gasteiger partial charge >= 0.3 is 0 Å². The molecule has 1 atom stereocenters. The van der Waals surface area contributed by atoms with Gasteiger partial charge in [0.15, 0.2) is 17.1 Å². The van der Waals surface area contributed by atoms with Crippen LogP contribution in [0.3, 0.4) is 0 Å². The van der Waals surface area contributed by atoms with Crippen molar-refractivity contribution < 1.29 is 14.6 Å². The molecule has 8 heteroatoms. The standard InChI is InChI=1S/C25H33N5O3/c1-4-30-24-19(15-28-30)23(29-16(2)18-8-6-5-7-9-18)20(14-26-24)25(32)27-13-17-10-11-21(31)22(12-17)33-3/h10-12,14-16,18,31H,4-9,13H2,1-3H3,(H,26,29)(H,27,32)/t16-/m1/s1. The number of anilines is 1. The molecule has 2 aromatic heterocycles. The molecule has 3 N–H and O–H groups in total. The Kier molecular flexibility index (Phi) is 7.01. The number of hydrogen-bond donors (Lipinski definition) is 3. The summed E-state index contributed by atoms with van der Waals surface area (Å²) in [6.45, 7) is 5.25. The summed E-state index contributed by atoms with van der Waals surface area (Å²) in [4.78, 5) is 17.8. The van der Waals surface area contributed by atoms with E-state index in [1.165, 1.54) is 39.2 Å². The van der Waals surface area contributed by atoms with Crippen molar-refractivity contribution >= 4 is 22.6 Å². The molecular formula is C25H33N5O3. The van der Waals surface area contributed by atoms with Gasteiger partial charge < -0.3 is 20.5 Å². The van der Waals surface area contributed by atoms with Gasteiger partial charge in [-0.1, -0.05) is 25.3 Å². The van der Waals surface area contributed by atoms with Crippen LogP contribution in [0, 0.1) is 5.92 Å². The van der Waals surface area contributed by atoms with Gasteiger partial charge in [-0.3, -0.25) is 4.79 Å². The molecule has 1 aliphatic rings. The maximum Gasteiger partial charge on any atom is 0.255 e. The van der Waals surface area contributed by atoms with Crippen molar-refractivity contribution in [3.05, 3.63) is 41.7 Å². The molecule has 0 radical (unpaired) electrons. The Balaban J connectivity index is 1.60. The summed E-state index contributed by atoms with van der Waals surface area (Å²) in [5.74, 6) is 0.821. The van der Waals surface area contributed by atoms with Crippen molar-refractivity contribution in [2.45, 2.75) is 65.1 Å². The van der Waals surface area contributed by atoms with Crippen LogP contribution in [-0.4, -0.2) is 38.9 Å². The fourth-order valence-corrected chi connectivity index (χ4v) is 4.68. The molecule has 0 bridgehead atoms. The van der Waals surface area contributed by atoms with E-state index < -0.39 is 0 Å². The van der Waals surface area contributed by atoms with Crippen molar-refractivity contribution in [3.8, 4) is 11.5 Å². The number of nitrogens with one attached hydrogen (secondary N) is 2. The van der Waals surface area contributed by atoms with E-state index in [-0.39, 0.29) is 17.7 Å². The van der Waals surface area contributed by atoms with Crippen LogP contribution in [-0.2, 0) is 13.1 Å². The van der Waals surface area contributed by atoms with Gasteiger partial charge in [-0.15, -0.1) is 0 Å². The second kappa shape index (κ2) is 10.1. The maximum atomic E-state index is 13.2. The van der Waals surface area contributed by atoms with Crippen LogP contribution in [0.5, 0.6) is 11.5 Å². The van der Waals surface area contributed by atoms with Gasteiger partial charge in [0.1, 0.15) is 0 Å². The Morgan fingerprint density at radius 3 is 2.79 bits per heavy atom. The molecule has 3 aromatic rings. The number of hydrogen-bond acceptors (Lipinski definition) is 6. The van der Waals surface area contributed by atoms with Gasteiger partial charge in [0, 0.05) is 25.3 Å². The summed E-state index contributed by atoms with van der Waals surface area (Å²) in [6, 6.07) is 5.28. The zero-order chi connectivity index (χ0) is 23.4. The van der Waals surface area contributed by atoms with Crippen LogP contribution >= 0.6 is 0 Å². The van der Waals surface area contributed by atoms with Gasteiger partial charge in [-0.25, -0.2) is 9.67 Å². The average Bonchev–Trinajstić information content (AvgIpc) is 3.27. The number of aryl methyl sites for hydroxylation is 1. The zero-order valence-corrected chi connectivity index (χ0v) is 19.6. The van der Waals surface area contributed by atoms with Crippen LogP contribution < -0.4 is 15.4 Å². The highest BCUT2D eigenvalue weighted by molar-refractivity contribution is 6.06. The second-order valence-corrected chi connectivity index (χ2v) is 8.76. The third-order valence-corrected chi connectivity index (χ3v) is 6.64. The number of rotatable bonds is 8. The van der Waals surface area contributed by atoms with Crippen LogP contribution in [0.1, 0.15) is 61.9 Å². The summed E-state index contributed by atoms with van der Waals surface area (Å²) >= 11 is 0. The van der Waals surface area contributed by atoms with Crippen molar-refractivity contribution in [3.63, 3.8) is 0 Å². The molecule has 0 saturated heterocycles. The van der Waals surface area contributed by atoms with Crippen LogP contribution in [0.4, 0.5) is 5.69 Å². The molecule has 1 aromatic carbocycles. The van der Waals surface area contributed by atoms with Crippen LogP contribution in [0.25, 0.3) is 11.0 Å². The highest BCUT2D eigenvalue weighted by Gasteiger charge is 2.24. The first kappa shape index (κ1) is 22.9. The summed E-state index contributed by atoms with van der Waals surface area (Å²) in [5, 5.41) is 21.8. The van der Waals surface area contributed by atoms with E-state index in [9.17, 15) is 9.90 Å². The number of aromatic hydroxyl groups is 1. The number of methoxy groups -OCH3 is 1. The lowest BCUT2D eigenvalue weighted by atomic mass is 9.84. The molecular weight excluding hydrogens is 418 g/mol. The van der Waals surface area contributed by atoms with Gasteiger partial charge in [-0.05, 0) is 50.3 Å². The molecule has 0 spiro atoms. The highest BCUT2D eigenvalue weighted by atomic mass is 16.5. The smallest absolute Gasteiger partial charge is 0.255 e. The number of nitrogens with zero attached hydrogens (tertiary/aromatic N) is 3. The molecule has 2 heterocycles. The number of phenols is 1. The van der Waals surface area contributed by atoms with Gasteiger partial charge in [0.05, 0.1) is 29.9 Å². The molecule has 0 aliphatic heterocycles. The number of amides is 1. The maximum absolute atomic E-state index is 13.2. The summed E-state index contributed by atoms with van der Waals surface area (Å²) in [7, 11) is 1.50. The molecule has 33 heavy (non-hydrogen) atoms. The molecule has 1 aliphatic carbocycles. The number of pyridine rings is 1. The van der Waals surface area contributed by atoms with E-state index in [1.54, 1.807) is 30.6 Å². The zero-order valence-electron chi connectivity index (χ0n) is 19.6. The molecule has 8 nitrogen and oxygen atoms in total. The average molecular weight is 452 g/mol. The molecule has 4 rings (SSSR count). The first-order valence-corrected chi connectivity index (χ1v) is 11.8. The number of carbonyl (C=O) groups is 1. The van der Waals surface area contributed by atoms with Crippen molar-refractivity contribution in [2.24, 2.45) is 5.92 Å². The quantitative estimate of drug-likeness (QED) is 0.467. The van der Waals surface area contributed by atoms with Crippen molar-refractivity contribution in [1.82, 2.24) is 20.1 Å². The highest BCUT2D eigenvalue weighted by Crippen LogP contribution is 2.32. The second-order valence-electron chi connectivity index (χ2n) is 8.76. The summed E-state index contributed by atoms with van der Waals surface area (Å²) < 4.78 is 7.01. The minimum atomic E-state index is -0.209. The fourth-order valence-electron chi connectivity index (χ4n) is 4.68. The Labute approximate surface area is 194 Å². The van der Waals surface area contributed by atoms with E-state index in [0.717, 1.165) is 22.3 Å². The number of benzene rings is 1. The topological polar surface area (TPSA) is 101 Å². The Morgan fingerprint density at radius 2 is 2.06 bits per heavy atom. The minimum Gasteiger partial charge on any atom is -0.504 e. The lowest BCUT2D eigenvalue weighted by Gasteiger charge is -2.29. The number of aromatic nitrogens is 3. The van der Waals surface area contributed by atoms with E-state index in [1.807, 2.05) is 11.6 Å². The monoisotopic (exact) mass is 451 g/mol. The third kappa shape index (κ3) is 4.89. The summed E-state index contributed by atoms with van der Waals surface area (Å²) in [6.07, 6.45) is 9.69. The SMILES string of the molecule is CCn1ncc2c(N[C@H](C)C3CCCCC3)c(C(=O)NCc3ccc(O)c(OC)c3)cnc21. The summed E-state index contributed by atoms with van der Waals surface area (Å²) in [5.41, 5.74) is 2.90. The Morgan fingerprint density at radius 1 is 1.27 bits per heavy atom. The predicted octanol–water partition coefficient (Wildman–Crippen LogP) is 4.48. The number of phenolic OH excluding ortho intramolecular Hbond substituents is 1. The predicted molar refractivity (Wildman–Crippen MR) is 129 cm³/mol. The molecule has 1 fully saturated rings. The lowest BCUT2D eigenvalue weighted by molar-refractivity contribution is 0.0951. The van der Waals surface area contributed by atoms with Crippen molar-refractivity contribution in [2.75, 3.05) is 12.4 Å². The van der Waals surface area contributed by atoms with E-state index in [0.29, 0.717) is 30.3 Å². The first-order valence-electron chi connectivity index (χ1n) is 11.8. The molecule has 1 saturated carbocycles. The van der Waals surface area contributed by atoms with Gasteiger partial charge in [0.2, 0.25) is 0 Å². The van der Waals surface area contributed by atoms with E-state index >= 15 is 0 Å². The number of carbonyl (C=O) groups excluding carboxylic acids is 1. The molecule has 1 amide bonds. The largest absolute Gasteiger partial charge is 0.504 e. The van der Waals surface area contributed by atoms with Gasteiger partial charge in [-0.2, -0.15) is 5.10 Å². The molecule has 176 valence electrons. The molecule has 0 unspecified atom stereocenters. The Bertz CT molecular complexity index is 1120. The van der Waals surface area contributed by atoms with Crippen molar-refractivity contribution in [1.29, 1.82) is 0 Å². The lowest BCUT2D eigenvalue weighted by Crippen LogP contribution is -2.30. The number of fused-ring (bicyclic) bond motifs is 1. The third-order valence-electron chi connectivity index (χ3n) is 6.64. The Hall–Kier alpha value is -3.29. The van der Waals surface area contributed by atoms with Gasteiger partial charge in [0.25, 0.3) is 5.91 Å². The number of ether oxygens (including phenoxy) is 1. The van der Waals surface area contributed by atoms with E-state index in [4.69, 9.17) is 4.74 Å². The minimum absolute atomic E-state index is 0.0679. The first-order chi connectivity index (χ1) is 16.0. The fraction of sp³-hybridized carbons (Fsp3) is 0.480. The van der Waals surface area contributed by atoms with Crippen LogP contribution in [0.2, 0.25) is 0 Å². The van der Waals surface area contributed by atoms with E-state index in [2.05, 4.69) is 27.6 Å².